The standard InChI is InChI=1S/C21H32N4O5/c1-5-12(2)17(20(28)24-14(4)21(29)30)25-18(26)13(3)23-19(27)16(22)11-15-9-7-6-8-10-15/h6-10,12-14,16-17H,5,11,22H2,1-4H3,(H,23,27)(H,24,28)(H,25,26)(H,29,30). The predicted molar refractivity (Wildman–Crippen MR) is 112 cm³/mol. The molecule has 6 N–H and O–H groups in total. The number of carboxylic acid groups (broad SMARTS) is 1. The zero-order valence-corrected chi connectivity index (χ0v) is 17.8. The number of rotatable bonds is 11. The minimum atomic E-state index is -1.18. The molecule has 30 heavy (non-hydrogen) atoms. The molecule has 0 saturated carbocycles. The Morgan fingerprint density at radius 1 is 0.900 bits per heavy atom. The van der Waals surface area contributed by atoms with Crippen LogP contribution in [0.5, 0.6) is 0 Å². The van der Waals surface area contributed by atoms with Crippen LogP contribution in [-0.2, 0) is 25.6 Å². The van der Waals surface area contributed by atoms with Gasteiger partial charge in [0.1, 0.15) is 18.1 Å². The van der Waals surface area contributed by atoms with E-state index in [1.165, 1.54) is 13.8 Å². The van der Waals surface area contributed by atoms with Gasteiger partial charge in [-0.2, -0.15) is 0 Å². The summed E-state index contributed by atoms with van der Waals surface area (Å²) in [7, 11) is 0. The Morgan fingerprint density at radius 3 is 2.00 bits per heavy atom. The van der Waals surface area contributed by atoms with Crippen LogP contribution in [0.2, 0.25) is 0 Å². The Balaban J connectivity index is 2.70. The first kappa shape index (κ1) is 25.1. The minimum absolute atomic E-state index is 0.238. The van der Waals surface area contributed by atoms with Crippen molar-refractivity contribution in [1.82, 2.24) is 16.0 Å². The highest BCUT2D eigenvalue weighted by Gasteiger charge is 2.30. The van der Waals surface area contributed by atoms with Crippen LogP contribution in [0, 0.1) is 5.92 Å². The molecule has 1 aromatic carbocycles. The van der Waals surface area contributed by atoms with Gasteiger partial charge in [-0.3, -0.25) is 19.2 Å². The number of nitrogens with one attached hydrogen (secondary N) is 3. The second-order valence-corrected chi connectivity index (χ2v) is 7.47. The number of hydrogen-bond acceptors (Lipinski definition) is 5. The smallest absolute Gasteiger partial charge is 0.325 e. The number of nitrogens with two attached hydrogens (primary N) is 1. The van der Waals surface area contributed by atoms with Gasteiger partial charge in [-0.05, 0) is 31.7 Å². The number of benzene rings is 1. The highest BCUT2D eigenvalue weighted by Crippen LogP contribution is 2.09. The van der Waals surface area contributed by atoms with Crippen LogP contribution in [0.15, 0.2) is 30.3 Å². The van der Waals surface area contributed by atoms with E-state index in [-0.39, 0.29) is 5.92 Å². The van der Waals surface area contributed by atoms with Gasteiger partial charge in [0.15, 0.2) is 0 Å². The number of carbonyl (C=O) groups is 4. The summed E-state index contributed by atoms with van der Waals surface area (Å²) in [4.78, 5) is 48.3. The number of carboxylic acids is 1. The second-order valence-electron chi connectivity index (χ2n) is 7.47. The summed E-state index contributed by atoms with van der Waals surface area (Å²) in [6.45, 7) is 6.46. The van der Waals surface area contributed by atoms with Crippen molar-refractivity contribution in [3.8, 4) is 0 Å². The van der Waals surface area contributed by atoms with Gasteiger partial charge in [0, 0.05) is 0 Å². The fourth-order valence-corrected chi connectivity index (χ4v) is 2.69. The molecule has 0 saturated heterocycles. The maximum Gasteiger partial charge on any atom is 0.325 e. The van der Waals surface area contributed by atoms with Crippen molar-refractivity contribution < 1.29 is 24.3 Å². The molecular weight excluding hydrogens is 388 g/mol. The van der Waals surface area contributed by atoms with Crippen LogP contribution < -0.4 is 21.7 Å². The van der Waals surface area contributed by atoms with Gasteiger partial charge in [0.25, 0.3) is 0 Å². The molecule has 9 nitrogen and oxygen atoms in total. The molecular formula is C21H32N4O5. The molecule has 3 amide bonds. The number of aliphatic carboxylic acids is 1. The maximum absolute atomic E-state index is 12.6. The summed E-state index contributed by atoms with van der Waals surface area (Å²) in [6, 6.07) is 5.51. The molecule has 0 fully saturated rings. The molecule has 9 heteroatoms. The van der Waals surface area contributed by atoms with E-state index in [9.17, 15) is 19.2 Å². The van der Waals surface area contributed by atoms with Crippen LogP contribution >= 0.6 is 0 Å². The molecule has 5 atom stereocenters. The van der Waals surface area contributed by atoms with Crippen molar-refractivity contribution in [2.75, 3.05) is 0 Å². The summed E-state index contributed by atoms with van der Waals surface area (Å²) in [6.07, 6.45) is 0.911. The van der Waals surface area contributed by atoms with E-state index in [0.29, 0.717) is 12.8 Å². The normalized spacial score (nSPS) is 15.8. The average Bonchev–Trinajstić information content (AvgIpc) is 2.71. The van der Waals surface area contributed by atoms with Gasteiger partial charge in [0.2, 0.25) is 17.7 Å². The first-order valence-corrected chi connectivity index (χ1v) is 10.00. The van der Waals surface area contributed by atoms with Crippen molar-refractivity contribution in [2.24, 2.45) is 11.7 Å². The fraction of sp³-hybridized carbons (Fsp3) is 0.524. The van der Waals surface area contributed by atoms with Crippen molar-refractivity contribution in [3.63, 3.8) is 0 Å². The van der Waals surface area contributed by atoms with Crippen molar-refractivity contribution >= 4 is 23.7 Å². The van der Waals surface area contributed by atoms with Crippen LogP contribution in [0.3, 0.4) is 0 Å². The molecule has 0 heterocycles. The molecule has 0 aliphatic rings. The Morgan fingerprint density at radius 2 is 1.47 bits per heavy atom. The van der Waals surface area contributed by atoms with Gasteiger partial charge < -0.3 is 26.8 Å². The number of hydrogen-bond donors (Lipinski definition) is 5. The maximum atomic E-state index is 12.6. The molecule has 166 valence electrons. The van der Waals surface area contributed by atoms with Gasteiger partial charge in [-0.25, -0.2) is 0 Å². The van der Waals surface area contributed by atoms with Crippen molar-refractivity contribution in [1.29, 1.82) is 0 Å². The molecule has 0 aliphatic heterocycles. The van der Waals surface area contributed by atoms with Gasteiger partial charge in [-0.1, -0.05) is 50.6 Å². The third kappa shape index (κ3) is 7.82. The lowest BCUT2D eigenvalue weighted by Crippen LogP contribution is -2.57. The second kappa shape index (κ2) is 11.9. The first-order valence-electron chi connectivity index (χ1n) is 10.00. The Hall–Kier alpha value is -2.94. The largest absolute Gasteiger partial charge is 0.480 e. The van der Waals surface area contributed by atoms with Gasteiger partial charge in [0.05, 0.1) is 6.04 Å². The Bertz CT molecular complexity index is 740. The monoisotopic (exact) mass is 420 g/mol. The van der Waals surface area contributed by atoms with Crippen LogP contribution in [-0.4, -0.2) is 53.0 Å². The van der Waals surface area contributed by atoms with E-state index < -0.39 is 47.9 Å². The zero-order chi connectivity index (χ0) is 22.8. The summed E-state index contributed by atoms with van der Waals surface area (Å²) in [5.74, 6) is -3.04. The lowest BCUT2D eigenvalue weighted by atomic mass is 9.97. The third-order valence-corrected chi connectivity index (χ3v) is 4.91. The fourth-order valence-electron chi connectivity index (χ4n) is 2.69. The molecule has 1 rings (SSSR count). The highest BCUT2D eigenvalue weighted by atomic mass is 16.4. The molecule has 0 aromatic heterocycles. The van der Waals surface area contributed by atoms with E-state index in [1.807, 2.05) is 37.3 Å². The predicted octanol–water partition coefficient (Wildman–Crippen LogP) is 0.181. The first-order chi connectivity index (χ1) is 14.1. The van der Waals surface area contributed by atoms with Crippen LogP contribution in [0.1, 0.15) is 39.7 Å². The van der Waals surface area contributed by atoms with Gasteiger partial charge >= 0.3 is 5.97 Å². The van der Waals surface area contributed by atoms with Crippen molar-refractivity contribution in [2.45, 2.75) is 64.7 Å². The van der Waals surface area contributed by atoms with E-state index in [0.717, 1.165) is 5.56 Å². The molecule has 0 radical (unpaired) electrons. The highest BCUT2D eigenvalue weighted by molar-refractivity contribution is 5.94. The van der Waals surface area contributed by atoms with Crippen LogP contribution in [0.25, 0.3) is 0 Å². The number of amides is 3. The van der Waals surface area contributed by atoms with Crippen molar-refractivity contribution in [3.05, 3.63) is 35.9 Å². The summed E-state index contributed by atoms with van der Waals surface area (Å²) < 4.78 is 0. The number of carbonyl (C=O) groups excluding carboxylic acids is 3. The van der Waals surface area contributed by atoms with E-state index in [1.54, 1.807) is 6.92 Å². The average molecular weight is 421 g/mol. The van der Waals surface area contributed by atoms with Crippen LogP contribution in [0.4, 0.5) is 0 Å². The topological polar surface area (TPSA) is 151 Å². The molecule has 0 bridgehead atoms. The summed E-state index contributed by atoms with van der Waals surface area (Å²) in [5, 5.41) is 16.5. The Labute approximate surface area is 176 Å². The summed E-state index contributed by atoms with van der Waals surface area (Å²) >= 11 is 0. The molecule has 0 spiro atoms. The molecule has 5 unspecified atom stereocenters. The van der Waals surface area contributed by atoms with E-state index >= 15 is 0 Å². The molecule has 0 aliphatic carbocycles. The van der Waals surface area contributed by atoms with E-state index in [2.05, 4.69) is 16.0 Å². The zero-order valence-electron chi connectivity index (χ0n) is 17.8. The SMILES string of the molecule is CCC(C)C(NC(=O)C(C)NC(=O)C(N)Cc1ccccc1)C(=O)NC(C)C(=O)O. The minimum Gasteiger partial charge on any atom is -0.480 e. The summed E-state index contributed by atoms with van der Waals surface area (Å²) in [5.41, 5.74) is 6.84. The lowest BCUT2D eigenvalue weighted by molar-refractivity contribution is -0.142. The third-order valence-electron chi connectivity index (χ3n) is 4.91. The Kier molecular flexibility index (Phi) is 9.97. The molecule has 1 aromatic rings. The quantitative estimate of drug-likeness (QED) is 0.345. The lowest BCUT2D eigenvalue weighted by Gasteiger charge is -2.26. The van der Waals surface area contributed by atoms with E-state index in [4.69, 9.17) is 10.8 Å². The van der Waals surface area contributed by atoms with Gasteiger partial charge in [-0.15, -0.1) is 0 Å².